The third kappa shape index (κ3) is 3.37. The van der Waals surface area contributed by atoms with Gasteiger partial charge in [0.1, 0.15) is 18.4 Å². The van der Waals surface area contributed by atoms with Gasteiger partial charge in [0.15, 0.2) is 0 Å². The summed E-state index contributed by atoms with van der Waals surface area (Å²) in [6, 6.07) is 8.70. The molecule has 2 aliphatic rings. The molecule has 0 aliphatic carbocycles. The van der Waals surface area contributed by atoms with Crippen LogP contribution in [0.15, 0.2) is 36.4 Å². The summed E-state index contributed by atoms with van der Waals surface area (Å²) < 4.78 is 14.0. The maximum absolute atomic E-state index is 14.0. The van der Waals surface area contributed by atoms with Crippen LogP contribution in [0.4, 0.5) is 15.8 Å². The molecule has 0 radical (unpaired) electrons. The van der Waals surface area contributed by atoms with E-state index in [0.717, 1.165) is 23.6 Å². The molecule has 1 fully saturated rings. The van der Waals surface area contributed by atoms with Crippen molar-refractivity contribution in [1.29, 1.82) is 0 Å². The van der Waals surface area contributed by atoms with Crippen molar-refractivity contribution in [2.24, 2.45) is 0 Å². The van der Waals surface area contributed by atoms with Crippen LogP contribution < -0.4 is 10.2 Å². The van der Waals surface area contributed by atoms with Gasteiger partial charge in [-0.1, -0.05) is 12.1 Å². The van der Waals surface area contributed by atoms with Gasteiger partial charge in [-0.05, 0) is 62.1 Å². The van der Waals surface area contributed by atoms with Crippen LogP contribution in [0.5, 0.6) is 0 Å². The first-order valence-corrected chi connectivity index (χ1v) is 9.65. The number of nitrogens with one attached hydrogen (secondary N) is 1. The number of hydrogen-bond donors (Lipinski definition) is 1. The summed E-state index contributed by atoms with van der Waals surface area (Å²) in [7, 11) is 0. The van der Waals surface area contributed by atoms with Crippen molar-refractivity contribution in [1.82, 2.24) is 4.90 Å². The van der Waals surface area contributed by atoms with E-state index < -0.39 is 17.8 Å². The first-order chi connectivity index (χ1) is 13.9. The van der Waals surface area contributed by atoms with Crippen LogP contribution in [0, 0.1) is 19.7 Å². The van der Waals surface area contributed by atoms with Crippen molar-refractivity contribution in [3.05, 3.63) is 58.9 Å². The second-order valence-electron chi connectivity index (χ2n) is 7.54. The molecule has 150 valence electrons. The van der Waals surface area contributed by atoms with Gasteiger partial charge in [0, 0.05) is 12.2 Å². The summed E-state index contributed by atoms with van der Waals surface area (Å²) in [5.41, 5.74) is 3.02. The lowest BCUT2D eigenvalue weighted by molar-refractivity contribution is -0.124. The predicted molar refractivity (Wildman–Crippen MR) is 107 cm³/mol. The van der Waals surface area contributed by atoms with E-state index in [1.54, 1.807) is 6.07 Å². The van der Waals surface area contributed by atoms with E-state index in [-0.39, 0.29) is 29.6 Å². The van der Waals surface area contributed by atoms with Gasteiger partial charge in [0.05, 0.1) is 11.3 Å². The molecular formula is C22H22FN3O3. The molecule has 0 spiro atoms. The Morgan fingerprint density at radius 3 is 2.79 bits per heavy atom. The number of carbonyl (C=O) groups excluding carboxylic acids is 3. The minimum absolute atomic E-state index is 0.144. The number of anilines is 2. The zero-order valence-corrected chi connectivity index (χ0v) is 16.4. The van der Waals surface area contributed by atoms with Gasteiger partial charge in [-0.25, -0.2) is 4.39 Å². The molecule has 0 saturated carbocycles. The summed E-state index contributed by atoms with van der Waals surface area (Å²) in [5, 5.41) is 2.83. The SMILES string of the molecule is Cc1cccc(NC(=O)CN2C(=O)[C@H]3CCCN3C(=O)c3ccc(F)cc32)c1C. The Kier molecular flexibility index (Phi) is 4.82. The van der Waals surface area contributed by atoms with Crippen LogP contribution in [0.2, 0.25) is 0 Å². The third-order valence-electron chi connectivity index (χ3n) is 5.73. The fourth-order valence-corrected chi connectivity index (χ4v) is 4.01. The van der Waals surface area contributed by atoms with Crippen molar-refractivity contribution in [3.63, 3.8) is 0 Å². The first-order valence-electron chi connectivity index (χ1n) is 9.65. The van der Waals surface area contributed by atoms with E-state index in [0.29, 0.717) is 18.7 Å². The number of benzene rings is 2. The molecule has 1 N–H and O–H groups in total. The molecule has 1 saturated heterocycles. The minimum Gasteiger partial charge on any atom is -0.327 e. The molecule has 3 amide bonds. The molecule has 2 aromatic rings. The van der Waals surface area contributed by atoms with Crippen LogP contribution >= 0.6 is 0 Å². The quantitative estimate of drug-likeness (QED) is 0.869. The second-order valence-corrected chi connectivity index (χ2v) is 7.54. The van der Waals surface area contributed by atoms with E-state index in [2.05, 4.69) is 5.32 Å². The molecule has 29 heavy (non-hydrogen) atoms. The molecule has 2 aromatic carbocycles. The standard InChI is InChI=1S/C22H22FN3O3/c1-13-5-3-6-17(14(13)2)24-20(27)12-26-19-11-15(23)8-9-16(19)21(28)25-10-4-7-18(25)22(26)29/h3,5-6,8-9,11,18H,4,7,10,12H2,1-2H3,(H,24,27)/t18-/m1/s1. The fourth-order valence-electron chi connectivity index (χ4n) is 4.01. The number of fused-ring (bicyclic) bond motifs is 2. The molecule has 0 unspecified atom stereocenters. The zero-order chi connectivity index (χ0) is 20.7. The largest absolute Gasteiger partial charge is 0.327 e. The van der Waals surface area contributed by atoms with Crippen molar-refractivity contribution >= 4 is 29.1 Å². The van der Waals surface area contributed by atoms with E-state index in [9.17, 15) is 18.8 Å². The van der Waals surface area contributed by atoms with Crippen LogP contribution in [0.3, 0.4) is 0 Å². The van der Waals surface area contributed by atoms with Crippen molar-refractivity contribution in [2.75, 3.05) is 23.3 Å². The van der Waals surface area contributed by atoms with Gasteiger partial charge < -0.3 is 15.1 Å². The topological polar surface area (TPSA) is 69.7 Å². The summed E-state index contributed by atoms with van der Waals surface area (Å²) in [5.74, 6) is -1.61. The number of amides is 3. The highest BCUT2D eigenvalue weighted by molar-refractivity contribution is 6.13. The Morgan fingerprint density at radius 2 is 2.00 bits per heavy atom. The van der Waals surface area contributed by atoms with Crippen molar-refractivity contribution in [2.45, 2.75) is 32.7 Å². The average molecular weight is 395 g/mol. The van der Waals surface area contributed by atoms with Crippen LogP contribution in [-0.4, -0.2) is 41.8 Å². The number of aryl methyl sites for hydroxylation is 1. The van der Waals surface area contributed by atoms with Gasteiger partial charge in [-0.15, -0.1) is 0 Å². The molecule has 7 heteroatoms. The Morgan fingerprint density at radius 1 is 1.21 bits per heavy atom. The smallest absolute Gasteiger partial charge is 0.256 e. The molecular weight excluding hydrogens is 373 g/mol. The van der Waals surface area contributed by atoms with Crippen molar-refractivity contribution < 1.29 is 18.8 Å². The third-order valence-corrected chi connectivity index (χ3v) is 5.73. The molecule has 0 bridgehead atoms. The molecule has 2 aliphatic heterocycles. The Labute approximate surface area is 168 Å². The number of carbonyl (C=O) groups is 3. The average Bonchev–Trinajstić information content (AvgIpc) is 3.16. The molecule has 1 atom stereocenters. The summed E-state index contributed by atoms with van der Waals surface area (Å²) >= 11 is 0. The van der Waals surface area contributed by atoms with Crippen LogP contribution in [-0.2, 0) is 9.59 Å². The van der Waals surface area contributed by atoms with Gasteiger partial charge in [-0.2, -0.15) is 0 Å². The number of rotatable bonds is 3. The fraction of sp³-hybridized carbons (Fsp3) is 0.318. The lowest BCUT2D eigenvalue weighted by Crippen LogP contribution is -2.47. The number of nitrogens with zero attached hydrogens (tertiary/aromatic N) is 2. The Bertz CT molecular complexity index is 1020. The summed E-state index contributed by atoms with van der Waals surface area (Å²) in [6.45, 7) is 4.04. The number of halogens is 1. The van der Waals surface area contributed by atoms with E-state index in [1.165, 1.54) is 21.9 Å². The normalized spacial score (nSPS) is 18.4. The van der Waals surface area contributed by atoms with Crippen LogP contribution in [0.1, 0.15) is 34.3 Å². The van der Waals surface area contributed by atoms with E-state index in [1.807, 2.05) is 26.0 Å². The Balaban J connectivity index is 1.67. The maximum Gasteiger partial charge on any atom is 0.256 e. The van der Waals surface area contributed by atoms with Gasteiger partial charge >= 0.3 is 0 Å². The molecule has 4 rings (SSSR count). The highest BCUT2D eigenvalue weighted by atomic mass is 19.1. The van der Waals surface area contributed by atoms with Crippen molar-refractivity contribution in [3.8, 4) is 0 Å². The first kappa shape index (κ1) is 19.1. The molecule has 2 heterocycles. The monoisotopic (exact) mass is 395 g/mol. The van der Waals surface area contributed by atoms with Gasteiger partial charge in [-0.3, -0.25) is 14.4 Å². The van der Waals surface area contributed by atoms with E-state index >= 15 is 0 Å². The van der Waals surface area contributed by atoms with Crippen LogP contribution in [0.25, 0.3) is 0 Å². The zero-order valence-electron chi connectivity index (χ0n) is 16.4. The summed E-state index contributed by atoms with van der Waals surface area (Å²) in [6.07, 6.45) is 1.26. The Hall–Kier alpha value is -3.22. The predicted octanol–water partition coefficient (Wildman–Crippen LogP) is 3.03. The number of hydrogen-bond acceptors (Lipinski definition) is 3. The van der Waals surface area contributed by atoms with Gasteiger partial charge in [0.2, 0.25) is 11.8 Å². The van der Waals surface area contributed by atoms with E-state index in [4.69, 9.17) is 0 Å². The molecule has 6 nitrogen and oxygen atoms in total. The highest BCUT2D eigenvalue weighted by Gasteiger charge is 2.42. The maximum atomic E-state index is 14.0. The lowest BCUT2D eigenvalue weighted by Gasteiger charge is -2.25. The highest BCUT2D eigenvalue weighted by Crippen LogP contribution is 2.33. The summed E-state index contributed by atoms with van der Waals surface area (Å²) in [4.78, 5) is 41.6. The lowest BCUT2D eigenvalue weighted by atomic mass is 10.1. The molecule has 0 aromatic heterocycles. The van der Waals surface area contributed by atoms with Gasteiger partial charge in [0.25, 0.3) is 5.91 Å². The minimum atomic E-state index is -0.619. The second kappa shape index (κ2) is 7.31.